The molecule has 7 nitrogen and oxygen atoms in total. The Kier molecular flexibility index (Phi) is 6.53. The molecule has 0 aliphatic carbocycles. The monoisotopic (exact) mass is 341 g/mol. The summed E-state index contributed by atoms with van der Waals surface area (Å²) >= 11 is 0. The summed E-state index contributed by atoms with van der Waals surface area (Å²) in [4.78, 5) is 35.1. The molecule has 0 atom stereocenters. The van der Waals surface area contributed by atoms with Crippen molar-refractivity contribution in [3.05, 3.63) is 60.2 Å². The second kappa shape index (κ2) is 9.07. The van der Waals surface area contributed by atoms with Gasteiger partial charge in [-0.3, -0.25) is 4.79 Å². The fourth-order valence-electron chi connectivity index (χ4n) is 2.05. The van der Waals surface area contributed by atoms with Crippen LogP contribution in [0, 0.1) is 0 Å². The highest BCUT2D eigenvalue weighted by Gasteiger charge is 2.08. The quantitative estimate of drug-likeness (QED) is 0.704. The van der Waals surface area contributed by atoms with Gasteiger partial charge in [-0.1, -0.05) is 24.3 Å². The maximum absolute atomic E-state index is 11.9. The summed E-state index contributed by atoms with van der Waals surface area (Å²) < 4.78 is 4.63. The van der Waals surface area contributed by atoms with Crippen molar-refractivity contribution in [3.8, 4) is 0 Å². The van der Waals surface area contributed by atoms with Gasteiger partial charge in [0.2, 0.25) is 5.91 Å². The number of ether oxygens (including phenoxy) is 1. The van der Waals surface area contributed by atoms with E-state index in [0.29, 0.717) is 16.9 Å². The van der Waals surface area contributed by atoms with Crippen LogP contribution in [0.15, 0.2) is 54.6 Å². The number of hydrogen-bond donors (Lipinski definition) is 3. The lowest BCUT2D eigenvalue weighted by atomic mass is 10.2. The largest absolute Gasteiger partial charge is 0.465 e. The lowest BCUT2D eigenvalue weighted by molar-refractivity contribution is -0.116. The highest BCUT2D eigenvalue weighted by atomic mass is 16.5. The molecular formula is C18H19N3O4. The van der Waals surface area contributed by atoms with Crippen LogP contribution in [0.3, 0.4) is 0 Å². The average Bonchev–Trinajstić information content (AvgIpc) is 2.62. The van der Waals surface area contributed by atoms with E-state index in [-0.39, 0.29) is 24.9 Å². The van der Waals surface area contributed by atoms with Gasteiger partial charge in [0.1, 0.15) is 0 Å². The molecule has 0 aromatic heterocycles. The van der Waals surface area contributed by atoms with Gasteiger partial charge in [0.25, 0.3) is 0 Å². The first-order chi connectivity index (χ1) is 12.1. The van der Waals surface area contributed by atoms with E-state index in [0.717, 1.165) is 0 Å². The van der Waals surface area contributed by atoms with Crippen LogP contribution in [-0.4, -0.2) is 31.6 Å². The molecule has 3 amide bonds. The molecule has 0 fully saturated rings. The van der Waals surface area contributed by atoms with E-state index in [2.05, 4.69) is 20.7 Å². The maximum Gasteiger partial charge on any atom is 0.337 e. The SMILES string of the molecule is COC(=O)c1cccc(NC(=O)CCNC(=O)Nc2ccccc2)c1. The third-order valence-corrected chi connectivity index (χ3v) is 3.24. The van der Waals surface area contributed by atoms with Crippen molar-refractivity contribution in [2.24, 2.45) is 0 Å². The Morgan fingerprint density at radius 2 is 1.64 bits per heavy atom. The van der Waals surface area contributed by atoms with Crippen molar-refractivity contribution < 1.29 is 19.1 Å². The third kappa shape index (κ3) is 5.98. The van der Waals surface area contributed by atoms with Gasteiger partial charge < -0.3 is 20.7 Å². The second-order valence-corrected chi connectivity index (χ2v) is 5.12. The van der Waals surface area contributed by atoms with E-state index in [1.165, 1.54) is 13.2 Å². The van der Waals surface area contributed by atoms with Crippen LogP contribution in [-0.2, 0) is 9.53 Å². The van der Waals surface area contributed by atoms with E-state index in [9.17, 15) is 14.4 Å². The average molecular weight is 341 g/mol. The molecule has 0 heterocycles. The first-order valence-corrected chi connectivity index (χ1v) is 7.66. The molecule has 0 spiro atoms. The molecule has 7 heteroatoms. The fourth-order valence-corrected chi connectivity index (χ4v) is 2.05. The van der Waals surface area contributed by atoms with Crippen LogP contribution in [0.1, 0.15) is 16.8 Å². The highest BCUT2D eigenvalue weighted by Crippen LogP contribution is 2.11. The number of methoxy groups -OCH3 is 1. The standard InChI is InChI=1S/C18H19N3O4/c1-25-17(23)13-6-5-9-15(12-13)20-16(22)10-11-19-18(24)21-14-7-3-2-4-8-14/h2-9,12H,10-11H2,1H3,(H,20,22)(H2,19,21,24). The number of anilines is 2. The number of hydrogen-bond acceptors (Lipinski definition) is 4. The molecule has 0 aliphatic rings. The molecule has 0 radical (unpaired) electrons. The summed E-state index contributed by atoms with van der Waals surface area (Å²) in [5, 5.41) is 7.93. The molecular weight excluding hydrogens is 322 g/mol. The van der Waals surface area contributed by atoms with Gasteiger partial charge in [-0.15, -0.1) is 0 Å². The molecule has 130 valence electrons. The lowest BCUT2D eigenvalue weighted by Gasteiger charge is -2.09. The molecule has 3 N–H and O–H groups in total. The van der Waals surface area contributed by atoms with E-state index in [1.54, 1.807) is 30.3 Å². The van der Waals surface area contributed by atoms with Crippen LogP contribution < -0.4 is 16.0 Å². The smallest absolute Gasteiger partial charge is 0.337 e. The third-order valence-electron chi connectivity index (χ3n) is 3.24. The molecule has 2 aromatic carbocycles. The summed E-state index contributed by atoms with van der Waals surface area (Å²) in [6, 6.07) is 15.1. The van der Waals surface area contributed by atoms with Gasteiger partial charge in [-0.25, -0.2) is 9.59 Å². The van der Waals surface area contributed by atoms with E-state index >= 15 is 0 Å². The number of nitrogens with one attached hydrogen (secondary N) is 3. The zero-order valence-corrected chi connectivity index (χ0v) is 13.7. The van der Waals surface area contributed by atoms with Gasteiger partial charge in [0, 0.05) is 24.3 Å². The van der Waals surface area contributed by atoms with Crippen molar-refractivity contribution in [1.29, 1.82) is 0 Å². The van der Waals surface area contributed by atoms with Crippen molar-refractivity contribution in [3.63, 3.8) is 0 Å². The predicted octanol–water partition coefficient (Wildman–Crippen LogP) is 2.62. The number of rotatable bonds is 6. The minimum absolute atomic E-state index is 0.102. The van der Waals surface area contributed by atoms with Crippen molar-refractivity contribution >= 4 is 29.3 Å². The van der Waals surface area contributed by atoms with Crippen molar-refractivity contribution in [1.82, 2.24) is 5.32 Å². The highest BCUT2D eigenvalue weighted by molar-refractivity contribution is 5.95. The zero-order valence-electron chi connectivity index (χ0n) is 13.7. The first-order valence-electron chi connectivity index (χ1n) is 7.66. The summed E-state index contributed by atoms with van der Waals surface area (Å²) in [6.07, 6.45) is 0.102. The number of amides is 3. The van der Waals surface area contributed by atoms with Crippen LogP contribution in [0.4, 0.5) is 16.2 Å². The Bertz CT molecular complexity index is 747. The van der Waals surface area contributed by atoms with Crippen molar-refractivity contribution in [2.45, 2.75) is 6.42 Å². The van der Waals surface area contributed by atoms with Crippen LogP contribution in [0.5, 0.6) is 0 Å². The Morgan fingerprint density at radius 1 is 0.920 bits per heavy atom. The molecule has 25 heavy (non-hydrogen) atoms. The Morgan fingerprint density at radius 3 is 2.36 bits per heavy atom. The Labute approximate surface area is 145 Å². The molecule has 2 rings (SSSR count). The van der Waals surface area contributed by atoms with Gasteiger partial charge in [-0.2, -0.15) is 0 Å². The minimum atomic E-state index is -0.477. The first kappa shape index (κ1) is 18.0. The van der Waals surface area contributed by atoms with E-state index in [4.69, 9.17) is 0 Å². The van der Waals surface area contributed by atoms with E-state index < -0.39 is 5.97 Å². The molecule has 0 saturated heterocycles. The molecule has 0 saturated carbocycles. The Hall–Kier alpha value is -3.35. The Balaban J connectivity index is 1.75. The number of carbonyl (C=O) groups is 3. The van der Waals surface area contributed by atoms with Crippen LogP contribution in [0.2, 0.25) is 0 Å². The summed E-state index contributed by atoms with van der Waals surface area (Å²) in [6.45, 7) is 0.182. The van der Waals surface area contributed by atoms with Crippen molar-refractivity contribution in [2.75, 3.05) is 24.3 Å². The summed E-state index contributed by atoms with van der Waals surface area (Å²) in [5.74, 6) is -0.752. The lowest BCUT2D eigenvalue weighted by Crippen LogP contribution is -2.31. The molecule has 0 aliphatic heterocycles. The number of carbonyl (C=O) groups excluding carboxylic acids is 3. The number of benzene rings is 2. The summed E-state index contributed by atoms with van der Waals surface area (Å²) in [5.41, 5.74) is 1.51. The van der Waals surface area contributed by atoms with E-state index in [1.807, 2.05) is 18.2 Å². The number of urea groups is 1. The van der Waals surface area contributed by atoms with Gasteiger partial charge in [0.05, 0.1) is 12.7 Å². The van der Waals surface area contributed by atoms with Gasteiger partial charge in [-0.05, 0) is 30.3 Å². The topological polar surface area (TPSA) is 96.5 Å². The number of esters is 1. The maximum atomic E-state index is 11.9. The molecule has 0 unspecified atom stereocenters. The van der Waals surface area contributed by atoms with Crippen LogP contribution in [0.25, 0.3) is 0 Å². The summed E-state index contributed by atoms with van der Waals surface area (Å²) in [7, 11) is 1.29. The minimum Gasteiger partial charge on any atom is -0.465 e. The van der Waals surface area contributed by atoms with Gasteiger partial charge in [0.15, 0.2) is 0 Å². The zero-order chi connectivity index (χ0) is 18.1. The molecule has 0 bridgehead atoms. The fraction of sp³-hybridized carbons (Fsp3) is 0.167. The number of para-hydroxylation sites is 1. The second-order valence-electron chi connectivity index (χ2n) is 5.12. The molecule has 2 aromatic rings. The predicted molar refractivity (Wildman–Crippen MR) is 94.5 cm³/mol. The normalized spacial score (nSPS) is 9.80. The van der Waals surface area contributed by atoms with Crippen LogP contribution >= 0.6 is 0 Å². The van der Waals surface area contributed by atoms with Gasteiger partial charge >= 0.3 is 12.0 Å².